The molecule has 1 N–H and O–H groups in total. The molecule has 116 valence electrons. The van der Waals surface area contributed by atoms with Gasteiger partial charge in [-0.05, 0) is 38.5 Å². The lowest BCUT2D eigenvalue weighted by atomic mass is 9.83. The van der Waals surface area contributed by atoms with Crippen LogP contribution in [0, 0.1) is 16.0 Å². The van der Waals surface area contributed by atoms with Gasteiger partial charge in [0.25, 0.3) is 5.69 Å². The molecule has 1 aromatic carbocycles. The molecule has 0 amide bonds. The normalized spacial score (nSPS) is 23.7. The Balaban J connectivity index is 1.93. The summed E-state index contributed by atoms with van der Waals surface area (Å²) < 4.78 is 0. The van der Waals surface area contributed by atoms with E-state index in [1.807, 2.05) is 19.1 Å². The number of hydrogen-bond acceptors (Lipinski definition) is 3. The molecule has 0 aromatic heterocycles. The van der Waals surface area contributed by atoms with Crippen LogP contribution >= 0.6 is 0 Å². The lowest BCUT2D eigenvalue weighted by Gasteiger charge is -2.31. The fourth-order valence-electron chi connectivity index (χ4n) is 3.49. The Hall–Kier alpha value is -1.42. The molecular formula is C17H26N2O2. The molecule has 0 aliphatic heterocycles. The molecule has 0 spiro atoms. The second kappa shape index (κ2) is 7.55. The Labute approximate surface area is 127 Å². The molecule has 4 nitrogen and oxygen atoms in total. The average Bonchev–Trinajstić information content (AvgIpc) is 2.49. The molecule has 1 aliphatic rings. The van der Waals surface area contributed by atoms with Gasteiger partial charge in [0.1, 0.15) is 0 Å². The van der Waals surface area contributed by atoms with Crippen LogP contribution in [-0.4, -0.2) is 11.0 Å². The quantitative estimate of drug-likeness (QED) is 0.615. The van der Waals surface area contributed by atoms with Crippen molar-refractivity contribution in [3.8, 4) is 0 Å². The van der Waals surface area contributed by atoms with E-state index in [2.05, 4.69) is 12.2 Å². The van der Waals surface area contributed by atoms with Gasteiger partial charge in [-0.1, -0.05) is 38.0 Å². The van der Waals surface area contributed by atoms with E-state index in [9.17, 15) is 10.1 Å². The number of nitrogens with one attached hydrogen (secondary N) is 1. The van der Waals surface area contributed by atoms with Crippen molar-refractivity contribution in [3.63, 3.8) is 0 Å². The SMILES string of the molecule is CCCC1CCC(NC(C)c2ccccc2[N+](=O)[O-])CC1. The van der Waals surface area contributed by atoms with E-state index in [0.717, 1.165) is 11.5 Å². The zero-order chi connectivity index (χ0) is 15.2. The molecule has 0 saturated heterocycles. The van der Waals surface area contributed by atoms with Crippen molar-refractivity contribution in [2.75, 3.05) is 0 Å². The first-order valence-electron chi connectivity index (χ1n) is 8.11. The third-order valence-corrected chi connectivity index (χ3v) is 4.63. The maximum absolute atomic E-state index is 11.1. The van der Waals surface area contributed by atoms with E-state index in [1.165, 1.54) is 38.5 Å². The number of para-hydroxylation sites is 1. The molecular weight excluding hydrogens is 264 g/mol. The predicted octanol–water partition coefficient (Wildman–Crippen LogP) is 4.60. The monoisotopic (exact) mass is 290 g/mol. The van der Waals surface area contributed by atoms with Crippen molar-refractivity contribution < 1.29 is 4.92 Å². The van der Waals surface area contributed by atoms with Gasteiger partial charge in [-0.15, -0.1) is 0 Å². The maximum atomic E-state index is 11.1. The van der Waals surface area contributed by atoms with Crippen LogP contribution in [0.4, 0.5) is 5.69 Å². The summed E-state index contributed by atoms with van der Waals surface area (Å²) in [6, 6.07) is 7.57. The summed E-state index contributed by atoms with van der Waals surface area (Å²) in [4.78, 5) is 10.8. The van der Waals surface area contributed by atoms with Gasteiger partial charge < -0.3 is 5.32 Å². The number of nitrogens with zero attached hydrogens (tertiary/aromatic N) is 1. The minimum Gasteiger partial charge on any atom is -0.307 e. The second-order valence-corrected chi connectivity index (χ2v) is 6.21. The zero-order valence-electron chi connectivity index (χ0n) is 13.0. The molecule has 21 heavy (non-hydrogen) atoms. The van der Waals surface area contributed by atoms with E-state index in [4.69, 9.17) is 0 Å². The highest BCUT2D eigenvalue weighted by Gasteiger charge is 2.24. The molecule has 1 aromatic rings. The van der Waals surface area contributed by atoms with Crippen LogP contribution in [0.15, 0.2) is 24.3 Å². The molecule has 0 bridgehead atoms. The first-order chi connectivity index (χ1) is 10.1. The van der Waals surface area contributed by atoms with Crippen molar-refractivity contribution in [1.29, 1.82) is 0 Å². The summed E-state index contributed by atoms with van der Waals surface area (Å²) in [5, 5.41) is 14.7. The first-order valence-corrected chi connectivity index (χ1v) is 8.11. The molecule has 1 aliphatic carbocycles. The summed E-state index contributed by atoms with van der Waals surface area (Å²) in [7, 11) is 0. The molecule has 0 heterocycles. The van der Waals surface area contributed by atoms with Crippen LogP contribution in [-0.2, 0) is 0 Å². The van der Waals surface area contributed by atoms with Gasteiger partial charge in [0.2, 0.25) is 0 Å². The fraction of sp³-hybridized carbons (Fsp3) is 0.647. The molecule has 1 unspecified atom stereocenters. The number of benzene rings is 1. The number of hydrogen-bond donors (Lipinski definition) is 1. The van der Waals surface area contributed by atoms with Crippen LogP contribution in [0.5, 0.6) is 0 Å². The summed E-state index contributed by atoms with van der Waals surface area (Å²) in [5.41, 5.74) is 1.01. The van der Waals surface area contributed by atoms with Crippen LogP contribution in [0.1, 0.15) is 64.0 Å². The minimum atomic E-state index is -0.286. The van der Waals surface area contributed by atoms with Gasteiger partial charge in [0.15, 0.2) is 0 Å². The topological polar surface area (TPSA) is 55.2 Å². The van der Waals surface area contributed by atoms with Gasteiger partial charge in [-0.2, -0.15) is 0 Å². The molecule has 1 fully saturated rings. The van der Waals surface area contributed by atoms with Crippen molar-refractivity contribution in [2.45, 2.75) is 64.5 Å². The average molecular weight is 290 g/mol. The lowest BCUT2D eigenvalue weighted by molar-refractivity contribution is -0.385. The van der Waals surface area contributed by atoms with E-state index >= 15 is 0 Å². The van der Waals surface area contributed by atoms with E-state index in [1.54, 1.807) is 12.1 Å². The third kappa shape index (κ3) is 4.27. The lowest BCUT2D eigenvalue weighted by Crippen LogP contribution is -2.35. The number of nitro benzene ring substituents is 1. The molecule has 1 atom stereocenters. The van der Waals surface area contributed by atoms with Crippen LogP contribution < -0.4 is 5.32 Å². The van der Waals surface area contributed by atoms with Gasteiger partial charge in [-0.3, -0.25) is 10.1 Å². The standard InChI is InChI=1S/C17H26N2O2/c1-3-6-14-9-11-15(12-10-14)18-13(2)16-7-4-5-8-17(16)19(20)21/h4-5,7-8,13-15,18H,3,6,9-12H2,1-2H3. The molecule has 2 rings (SSSR count). The summed E-state index contributed by atoms with van der Waals surface area (Å²) in [6.45, 7) is 4.28. The van der Waals surface area contributed by atoms with Crippen LogP contribution in [0.3, 0.4) is 0 Å². The van der Waals surface area contributed by atoms with Crippen molar-refractivity contribution >= 4 is 5.69 Å². The maximum Gasteiger partial charge on any atom is 0.274 e. The van der Waals surface area contributed by atoms with E-state index in [0.29, 0.717) is 6.04 Å². The van der Waals surface area contributed by atoms with E-state index < -0.39 is 0 Å². The van der Waals surface area contributed by atoms with Crippen LogP contribution in [0.2, 0.25) is 0 Å². The minimum absolute atomic E-state index is 0.0272. The molecule has 1 saturated carbocycles. The van der Waals surface area contributed by atoms with Crippen LogP contribution in [0.25, 0.3) is 0 Å². The zero-order valence-corrected chi connectivity index (χ0v) is 13.0. The third-order valence-electron chi connectivity index (χ3n) is 4.63. The van der Waals surface area contributed by atoms with Crippen molar-refractivity contribution in [1.82, 2.24) is 5.32 Å². The molecule has 0 radical (unpaired) electrons. The highest BCUT2D eigenvalue weighted by molar-refractivity contribution is 5.41. The Morgan fingerprint density at radius 3 is 2.57 bits per heavy atom. The predicted molar refractivity (Wildman–Crippen MR) is 85.3 cm³/mol. The second-order valence-electron chi connectivity index (χ2n) is 6.21. The summed E-state index contributed by atoms with van der Waals surface area (Å²) in [5.74, 6) is 0.884. The summed E-state index contributed by atoms with van der Waals surface area (Å²) >= 11 is 0. The Morgan fingerprint density at radius 1 is 1.29 bits per heavy atom. The highest BCUT2D eigenvalue weighted by atomic mass is 16.6. The first kappa shape index (κ1) is 16.0. The highest BCUT2D eigenvalue weighted by Crippen LogP contribution is 2.30. The Kier molecular flexibility index (Phi) is 5.74. The van der Waals surface area contributed by atoms with Gasteiger partial charge in [-0.25, -0.2) is 0 Å². The van der Waals surface area contributed by atoms with Crippen molar-refractivity contribution in [2.24, 2.45) is 5.92 Å². The largest absolute Gasteiger partial charge is 0.307 e. The summed E-state index contributed by atoms with van der Waals surface area (Å²) in [6.07, 6.45) is 7.57. The smallest absolute Gasteiger partial charge is 0.274 e. The van der Waals surface area contributed by atoms with E-state index in [-0.39, 0.29) is 16.7 Å². The van der Waals surface area contributed by atoms with Gasteiger partial charge >= 0.3 is 0 Å². The van der Waals surface area contributed by atoms with Gasteiger partial charge in [0.05, 0.1) is 4.92 Å². The van der Waals surface area contributed by atoms with Crippen molar-refractivity contribution in [3.05, 3.63) is 39.9 Å². The number of rotatable bonds is 6. The van der Waals surface area contributed by atoms with Gasteiger partial charge in [0, 0.05) is 23.7 Å². The Bertz CT molecular complexity index is 468. The molecule has 4 heteroatoms. The fourth-order valence-corrected chi connectivity index (χ4v) is 3.49. The Morgan fingerprint density at radius 2 is 1.95 bits per heavy atom. The number of nitro groups is 1.